The minimum atomic E-state index is -1.12. The third-order valence-electron chi connectivity index (χ3n) is 3.30. The molecule has 1 aliphatic heterocycles. The Morgan fingerprint density at radius 2 is 2.14 bits per heavy atom. The van der Waals surface area contributed by atoms with Crippen LogP contribution in [0, 0.1) is 0 Å². The molecule has 0 aromatic heterocycles. The molecule has 0 saturated carbocycles. The van der Waals surface area contributed by atoms with Crippen molar-refractivity contribution in [1.29, 1.82) is 0 Å². The molecular weight excluding hydrogens is 274 g/mol. The van der Waals surface area contributed by atoms with Gasteiger partial charge in [-0.15, -0.1) is 0 Å². The lowest BCUT2D eigenvalue weighted by Gasteiger charge is -2.22. The number of carbonyl (C=O) groups excluding carboxylic acids is 1. The Hall–Kier alpha value is -2.34. The highest BCUT2D eigenvalue weighted by atomic mass is 16.5. The van der Waals surface area contributed by atoms with Gasteiger partial charge < -0.3 is 19.8 Å². The standard InChI is InChI=1S/C15H17NO5/c1-2-7-21-13-6-4-3-5-11(13)14(18)16-9-10(17)8-12(16)15(19)20/h2-6,10,12,17H,1,7-9H2,(H,19,20)/t10-,12-/m1/s1. The molecule has 2 atom stereocenters. The molecule has 6 nitrogen and oxygen atoms in total. The minimum absolute atomic E-state index is 0.00555. The van der Waals surface area contributed by atoms with E-state index < -0.39 is 24.0 Å². The molecule has 21 heavy (non-hydrogen) atoms. The number of carboxylic acids is 1. The van der Waals surface area contributed by atoms with Crippen LogP contribution in [0.2, 0.25) is 0 Å². The normalized spacial score (nSPS) is 21.1. The van der Waals surface area contributed by atoms with Crippen LogP contribution in [0.3, 0.4) is 0 Å². The SMILES string of the molecule is C=CCOc1ccccc1C(=O)N1C[C@H](O)C[C@@H]1C(=O)O. The minimum Gasteiger partial charge on any atom is -0.489 e. The number of benzene rings is 1. The molecule has 1 fully saturated rings. The van der Waals surface area contributed by atoms with Gasteiger partial charge in [-0.3, -0.25) is 4.79 Å². The summed E-state index contributed by atoms with van der Waals surface area (Å²) in [6.07, 6.45) is 0.772. The summed E-state index contributed by atoms with van der Waals surface area (Å²) in [4.78, 5) is 24.9. The van der Waals surface area contributed by atoms with Gasteiger partial charge >= 0.3 is 5.97 Å². The number of aliphatic carboxylic acids is 1. The molecule has 1 amide bonds. The monoisotopic (exact) mass is 291 g/mol. The number of amides is 1. The number of hydrogen-bond donors (Lipinski definition) is 2. The maximum Gasteiger partial charge on any atom is 0.326 e. The van der Waals surface area contributed by atoms with E-state index in [1.807, 2.05) is 0 Å². The van der Waals surface area contributed by atoms with E-state index in [1.165, 1.54) is 4.90 Å². The largest absolute Gasteiger partial charge is 0.489 e. The number of ether oxygens (including phenoxy) is 1. The first-order valence-corrected chi connectivity index (χ1v) is 6.59. The lowest BCUT2D eigenvalue weighted by molar-refractivity contribution is -0.141. The Bertz CT molecular complexity index is 557. The van der Waals surface area contributed by atoms with Crippen LogP contribution in [0.4, 0.5) is 0 Å². The van der Waals surface area contributed by atoms with E-state index in [4.69, 9.17) is 9.84 Å². The van der Waals surface area contributed by atoms with E-state index in [0.717, 1.165) is 0 Å². The molecule has 0 aliphatic carbocycles. The number of rotatable bonds is 5. The zero-order valence-electron chi connectivity index (χ0n) is 11.4. The quantitative estimate of drug-likeness (QED) is 0.787. The molecule has 1 aromatic rings. The third kappa shape index (κ3) is 3.22. The van der Waals surface area contributed by atoms with Crippen LogP contribution in [0.25, 0.3) is 0 Å². The van der Waals surface area contributed by atoms with Gasteiger partial charge in [0, 0.05) is 13.0 Å². The predicted octanol–water partition coefficient (Wildman–Crippen LogP) is 0.911. The number of carbonyl (C=O) groups is 2. The predicted molar refractivity (Wildman–Crippen MR) is 75.2 cm³/mol. The summed E-state index contributed by atoms with van der Waals surface area (Å²) < 4.78 is 5.41. The number of nitrogens with zero attached hydrogens (tertiary/aromatic N) is 1. The smallest absolute Gasteiger partial charge is 0.326 e. The summed E-state index contributed by atoms with van der Waals surface area (Å²) in [5, 5.41) is 18.8. The first-order chi connectivity index (χ1) is 10.0. The van der Waals surface area contributed by atoms with Crippen molar-refractivity contribution in [3.63, 3.8) is 0 Å². The second kappa shape index (κ2) is 6.41. The van der Waals surface area contributed by atoms with Crippen LogP contribution in [0.5, 0.6) is 5.75 Å². The highest BCUT2D eigenvalue weighted by Crippen LogP contribution is 2.25. The summed E-state index contributed by atoms with van der Waals surface area (Å²) in [5.74, 6) is -1.21. The number of β-amino-alcohol motifs (C(OH)–C–C–N with tert-alkyl or cyclic N) is 1. The second-order valence-corrected chi connectivity index (χ2v) is 4.80. The maximum atomic E-state index is 12.5. The van der Waals surface area contributed by atoms with Gasteiger partial charge in [-0.25, -0.2) is 4.79 Å². The van der Waals surface area contributed by atoms with Crippen LogP contribution in [0.15, 0.2) is 36.9 Å². The van der Waals surface area contributed by atoms with Gasteiger partial charge in [0.1, 0.15) is 18.4 Å². The van der Waals surface area contributed by atoms with Crippen molar-refractivity contribution in [3.8, 4) is 5.75 Å². The van der Waals surface area contributed by atoms with Crippen molar-refractivity contribution in [2.24, 2.45) is 0 Å². The lowest BCUT2D eigenvalue weighted by Crippen LogP contribution is -2.40. The average Bonchev–Trinajstić information content (AvgIpc) is 2.87. The molecule has 112 valence electrons. The molecule has 0 bridgehead atoms. The van der Waals surface area contributed by atoms with E-state index in [2.05, 4.69) is 6.58 Å². The maximum absolute atomic E-state index is 12.5. The van der Waals surface area contributed by atoms with Gasteiger partial charge in [0.15, 0.2) is 0 Å². The lowest BCUT2D eigenvalue weighted by atomic mass is 10.1. The van der Waals surface area contributed by atoms with E-state index in [0.29, 0.717) is 5.75 Å². The molecule has 6 heteroatoms. The van der Waals surface area contributed by atoms with Gasteiger partial charge in [0.2, 0.25) is 0 Å². The van der Waals surface area contributed by atoms with Gasteiger partial charge in [-0.1, -0.05) is 24.8 Å². The Morgan fingerprint density at radius 1 is 1.43 bits per heavy atom. The molecule has 0 spiro atoms. The first kappa shape index (κ1) is 15.1. The Balaban J connectivity index is 2.27. The van der Waals surface area contributed by atoms with Crippen molar-refractivity contribution in [2.45, 2.75) is 18.6 Å². The highest BCUT2D eigenvalue weighted by Gasteiger charge is 2.39. The summed E-state index contributed by atoms with van der Waals surface area (Å²) in [6.45, 7) is 3.79. The van der Waals surface area contributed by atoms with Gasteiger partial charge in [0.05, 0.1) is 11.7 Å². The van der Waals surface area contributed by atoms with Crippen molar-refractivity contribution < 1.29 is 24.5 Å². The van der Waals surface area contributed by atoms with Crippen LogP contribution >= 0.6 is 0 Å². The molecule has 0 radical (unpaired) electrons. The third-order valence-corrected chi connectivity index (χ3v) is 3.30. The molecular formula is C15H17NO5. The van der Waals surface area contributed by atoms with E-state index in [9.17, 15) is 14.7 Å². The number of likely N-dealkylation sites (tertiary alicyclic amines) is 1. The molecule has 1 saturated heterocycles. The number of hydrogen-bond acceptors (Lipinski definition) is 4. The number of aliphatic hydroxyl groups excluding tert-OH is 1. The van der Waals surface area contributed by atoms with Crippen LogP contribution < -0.4 is 4.74 Å². The molecule has 1 aromatic carbocycles. The summed E-state index contributed by atoms with van der Waals surface area (Å²) >= 11 is 0. The van der Waals surface area contributed by atoms with Crippen LogP contribution in [0.1, 0.15) is 16.8 Å². The fourth-order valence-electron chi connectivity index (χ4n) is 2.34. The molecule has 1 aliphatic rings. The average molecular weight is 291 g/mol. The van der Waals surface area contributed by atoms with Gasteiger partial charge in [-0.2, -0.15) is 0 Å². The van der Waals surface area contributed by atoms with E-state index in [-0.39, 0.29) is 25.1 Å². The summed E-state index contributed by atoms with van der Waals surface area (Å²) in [6, 6.07) is 5.60. The summed E-state index contributed by atoms with van der Waals surface area (Å²) in [5.41, 5.74) is 0.278. The summed E-state index contributed by atoms with van der Waals surface area (Å²) in [7, 11) is 0. The molecule has 1 heterocycles. The van der Waals surface area contributed by atoms with Crippen LogP contribution in [-0.4, -0.2) is 52.3 Å². The van der Waals surface area contributed by atoms with E-state index in [1.54, 1.807) is 30.3 Å². The van der Waals surface area contributed by atoms with E-state index >= 15 is 0 Å². The molecule has 2 N–H and O–H groups in total. The topological polar surface area (TPSA) is 87.1 Å². The number of carboxylic acid groups (broad SMARTS) is 1. The fraction of sp³-hybridized carbons (Fsp3) is 0.333. The van der Waals surface area contributed by atoms with Gasteiger partial charge in [0.25, 0.3) is 5.91 Å². The second-order valence-electron chi connectivity index (χ2n) is 4.80. The fourth-order valence-corrected chi connectivity index (χ4v) is 2.34. The molecule has 2 rings (SSSR count). The van der Waals surface area contributed by atoms with Crippen molar-refractivity contribution in [2.75, 3.05) is 13.2 Å². The van der Waals surface area contributed by atoms with Crippen molar-refractivity contribution in [3.05, 3.63) is 42.5 Å². The first-order valence-electron chi connectivity index (χ1n) is 6.59. The van der Waals surface area contributed by atoms with Crippen LogP contribution in [-0.2, 0) is 4.79 Å². The zero-order chi connectivity index (χ0) is 15.4. The van der Waals surface area contributed by atoms with Crippen molar-refractivity contribution in [1.82, 2.24) is 4.90 Å². The number of aliphatic hydroxyl groups is 1. The molecule has 0 unspecified atom stereocenters. The zero-order valence-corrected chi connectivity index (χ0v) is 11.4. The van der Waals surface area contributed by atoms with Crippen molar-refractivity contribution >= 4 is 11.9 Å². The van der Waals surface area contributed by atoms with Gasteiger partial charge in [-0.05, 0) is 12.1 Å². The number of para-hydroxylation sites is 1. The Kier molecular flexibility index (Phi) is 4.59. The Labute approximate surface area is 122 Å². The highest BCUT2D eigenvalue weighted by molar-refractivity contribution is 5.99. The Morgan fingerprint density at radius 3 is 2.81 bits per heavy atom.